The quantitative estimate of drug-likeness (QED) is 0.347. The van der Waals surface area contributed by atoms with Crippen LogP contribution >= 0.6 is 11.6 Å². The van der Waals surface area contributed by atoms with E-state index in [-0.39, 0.29) is 40.0 Å². The number of hydrogen-bond acceptors (Lipinski definition) is 7. The van der Waals surface area contributed by atoms with Crippen LogP contribution in [0.4, 0.5) is 18.9 Å². The van der Waals surface area contributed by atoms with Crippen molar-refractivity contribution in [3.63, 3.8) is 0 Å². The minimum Gasteiger partial charge on any atom is -0.347 e. The van der Waals surface area contributed by atoms with Crippen LogP contribution in [0.3, 0.4) is 0 Å². The molecule has 3 heterocycles. The van der Waals surface area contributed by atoms with Gasteiger partial charge < -0.3 is 10.6 Å². The Morgan fingerprint density at radius 3 is 2.51 bits per heavy atom. The zero-order valence-electron chi connectivity index (χ0n) is 21.2. The van der Waals surface area contributed by atoms with E-state index < -0.39 is 35.4 Å². The maximum Gasteiger partial charge on any atom is 0.301 e. The van der Waals surface area contributed by atoms with Gasteiger partial charge in [0.1, 0.15) is 18.1 Å². The molecular formula is C24H23ClF3N9O2. The van der Waals surface area contributed by atoms with Gasteiger partial charge in [-0.3, -0.25) is 9.59 Å². The Balaban J connectivity index is 1.74. The van der Waals surface area contributed by atoms with Crippen molar-refractivity contribution in [3.8, 4) is 5.82 Å². The Morgan fingerprint density at radius 1 is 1.13 bits per heavy atom. The molecule has 4 rings (SSSR count). The number of nitrogens with zero attached hydrogens (tertiary/aromatic N) is 7. The summed E-state index contributed by atoms with van der Waals surface area (Å²) in [5.41, 5.74) is -0.182. The lowest BCUT2D eigenvalue weighted by Gasteiger charge is -2.22. The second-order valence-corrected chi connectivity index (χ2v) is 9.93. The number of rotatable bonds is 7. The smallest absolute Gasteiger partial charge is 0.301 e. The summed E-state index contributed by atoms with van der Waals surface area (Å²) in [7, 11) is 0. The number of benzene rings is 1. The lowest BCUT2D eigenvalue weighted by Crippen LogP contribution is -2.41. The fourth-order valence-corrected chi connectivity index (χ4v) is 3.79. The van der Waals surface area contributed by atoms with Crippen LogP contribution in [0.25, 0.3) is 5.82 Å². The van der Waals surface area contributed by atoms with Crippen molar-refractivity contribution < 1.29 is 22.8 Å². The Kier molecular flexibility index (Phi) is 7.67. The van der Waals surface area contributed by atoms with Gasteiger partial charge >= 0.3 is 6.43 Å². The average molecular weight is 562 g/mol. The van der Waals surface area contributed by atoms with Crippen LogP contribution in [0.1, 0.15) is 65.1 Å². The van der Waals surface area contributed by atoms with Crippen molar-refractivity contribution in [1.82, 2.24) is 40.3 Å². The summed E-state index contributed by atoms with van der Waals surface area (Å²) in [5.74, 6) is -2.62. The summed E-state index contributed by atoms with van der Waals surface area (Å²) in [6.45, 7) is 6.63. The van der Waals surface area contributed by atoms with Crippen LogP contribution in [-0.4, -0.2) is 52.3 Å². The third-order valence-electron chi connectivity index (χ3n) is 5.17. The second kappa shape index (κ2) is 10.8. The van der Waals surface area contributed by atoms with Crippen LogP contribution in [0.5, 0.6) is 0 Å². The third kappa shape index (κ3) is 6.39. The molecule has 0 aliphatic carbocycles. The van der Waals surface area contributed by atoms with E-state index in [9.17, 15) is 22.8 Å². The summed E-state index contributed by atoms with van der Waals surface area (Å²) < 4.78 is 41.2. The number of amides is 2. The molecule has 2 N–H and O–H groups in total. The molecular weight excluding hydrogens is 539 g/mol. The topological polar surface area (TPSA) is 133 Å². The maximum absolute atomic E-state index is 14.3. The fraction of sp³-hybridized carbons (Fsp3) is 0.292. The molecule has 4 aromatic rings. The number of aryl methyl sites for hydroxylation is 1. The van der Waals surface area contributed by atoms with E-state index in [0.29, 0.717) is 5.56 Å². The van der Waals surface area contributed by atoms with Crippen molar-refractivity contribution in [2.24, 2.45) is 0 Å². The maximum atomic E-state index is 14.3. The van der Waals surface area contributed by atoms with Gasteiger partial charge in [0.2, 0.25) is 5.82 Å². The molecule has 0 unspecified atom stereocenters. The van der Waals surface area contributed by atoms with Gasteiger partial charge in [-0.25, -0.2) is 22.8 Å². The first-order chi connectivity index (χ1) is 18.3. The van der Waals surface area contributed by atoms with E-state index in [1.54, 1.807) is 39.8 Å². The molecule has 39 heavy (non-hydrogen) atoms. The van der Waals surface area contributed by atoms with Gasteiger partial charge in [0.05, 0.1) is 22.0 Å². The third-order valence-corrected chi connectivity index (χ3v) is 5.47. The predicted octanol–water partition coefficient (Wildman–Crippen LogP) is 4.12. The SMILES string of the molecule is Cc1cc(F)cc(C(=O)NC(C)(C)C)c1NC(=O)c1cc(Cn2nnc(C(F)F)n2)nn1-c1ncccc1Cl. The highest BCUT2D eigenvalue weighted by molar-refractivity contribution is 6.32. The van der Waals surface area contributed by atoms with Crippen LogP contribution < -0.4 is 10.6 Å². The number of nitrogens with one attached hydrogen (secondary N) is 2. The van der Waals surface area contributed by atoms with Gasteiger partial charge in [-0.15, -0.1) is 10.2 Å². The Bertz CT molecular complexity index is 1550. The molecule has 0 aliphatic rings. The Hall–Kier alpha value is -4.33. The molecule has 0 bridgehead atoms. The lowest BCUT2D eigenvalue weighted by atomic mass is 10.0. The largest absolute Gasteiger partial charge is 0.347 e. The summed E-state index contributed by atoms with van der Waals surface area (Å²) in [4.78, 5) is 31.6. The molecule has 1 aromatic carbocycles. The van der Waals surface area contributed by atoms with Gasteiger partial charge in [-0.1, -0.05) is 11.6 Å². The number of pyridine rings is 1. The van der Waals surface area contributed by atoms with Gasteiger partial charge in [-0.2, -0.15) is 9.90 Å². The van der Waals surface area contributed by atoms with Crippen molar-refractivity contribution in [1.29, 1.82) is 0 Å². The molecule has 15 heteroatoms. The van der Waals surface area contributed by atoms with E-state index in [4.69, 9.17) is 11.6 Å². The summed E-state index contributed by atoms with van der Waals surface area (Å²) in [6, 6.07) is 6.69. The monoisotopic (exact) mass is 561 g/mol. The van der Waals surface area contributed by atoms with Gasteiger partial charge in [0.15, 0.2) is 5.82 Å². The van der Waals surface area contributed by atoms with Crippen molar-refractivity contribution in [2.45, 2.75) is 46.2 Å². The zero-order valence-corrected chi connectivity index (χ0v) is 22.0. The van der Waals surface area contributed by atoms with E-state index in [1.807, 2.05) is 0 Å². The molecule has 204 valence electrons. The molecule has 0 radical (unpaired) electrons. The molecule has 0 spiro atoms. The highest BCUT2D eigenvalue weighted by Crippen LogP contribution is 2.26. The molecule has 11 nitrogen and oxygen atoms in total. The summed E-state index contributed by atoms with van der Waals surface area (Å²) in [6.07, 6.45) is -1.47. The number of halogens is 4. The lowest BCUT2D eigenvalue weighted by molar-refractivity contribution is 0.0920. The van der Waals surface area contributed by atoms with Crippen LogP contribution in [0.15, 0.2) is 36.5 Å². The van der Waals surface area contributed by atoms with Crippen LogP contribution in [-0.2, 0) is 6.54 Å². The van der Waals surface area contributed by atoms with Gasteiger partial charge in [0, 0.05) is 11.7 Å². The first-order valence-electron chi connectivity index (χ1n) is 11.5. The van der Waals surface area contributed by atoms with Crippen molar-refractivity contribution in [2.75, 3.05) is 5.32 Å². The summed E-state index contributed by atoms with van der Waals surface area (Å²) >= 11 is 6.30. The molecule has 0 fully saturated rings. The molecule has 0 saturated heterocycles. The highest BCUT2D eigenvalue weighted by Gasteiger charge is 2.25. The Labute approximate surface area is 225 Å². The van der Waals surface area contributed by atoms with E-state index in [1.165, 1.54) is 18.3 Å². The molecule has 3 aromatic heterocycles. The standard InChI is InChI=1S/C24H23ClF3N9O2/c1-12-8-13(26)9-15(22(38)31-24(2,3)4)18(12)30-23(39)17-10-14(11-36-34-20(19(27)28)32-35-36)33-37(17)21-16(25)6-5-7-29-21/h5-10,19H,11H2,1-4H3,(H,30,39)(H,31,38). The molecule has 0 saturated carbocycles. The molecule has 2 amide bonds. The number of hydrogen-bond donors (Lipinski definition) is 2. The van der Waals surface area contributed by atoms with E-state index >= 15 is 0 Å². The van der Waals surface area contributed by atoms with Crippen molar-refractivity contribution >= 4 is 29.1 Å². The average Bonchev–Trinajstić information content (AvgIpc) is 3.47. The predicted molar refractivity (Wildman–Crippen MR) is 135 cm³/mol. The normalized spacial score (nSPS) is 11.6. The first kappa shape index (κ1) is 27.7. The number of carbonyl (C=O) groups is 2. The van der Waals surface area contributed by atoms with Crippen LogP contribution in [0, 0.1) is 12.7 Å². The minimum absolute atomic E-state index is 0.0642. The van der Waals surface area contributed by atoms with Gasteiger partial charge in [-0.05, 0) is 68.8 Å². The fourth-order valence-electron chi connectivity index (χ4n) is 3.59. The molecule has 0 atom stereocenters. The van der Waals surface area contributed by atoms with Crippen molar-refractivity contribution in [3.05, 3.63) is 75.7 Å². The minimum atomic E-state index is -2.91. The number of anilines is 1. The van der Waals surface area contributed by atoms with E-state index in [0.717, 1.165) is 15.5 Å². The summed E-state index contributed by atoms with van der Waals surface area (Å²) in [5, 5.41) is 20.4. The number of carbonyl (C=O) groups excluding carboxylic acids is 2. The number of aromatic nitrogens is 7. The Morgan fingerprint density at radius 2 is 1.87 bits per heavy atom. The highest BCUT2D eigenvalue weighted by atomic mass is 35.5. The first-order valence-corrected chi connectivity index (χ1v) is 11.9. The number of alkyl halides is 2. The zero-order chi connectivity index (χ0) is 28.5. The molecule has 0 aliphatic heterocycles. The second-order valence-electron chi connectivity index (χ2n) is 9.52. The number of tetrazole rings is 1. The van der Waals surface area contributed by atoms with Crippen LogP contribution in [0.2, 0.25) is 5.02 Å². The van der Waals surface area contributed by atoms with Gasteiger partial charge in [0.25, 0.3) is 11.8 Å². The van der Waals surface area contributed by atoms with E-state index in [2.05, 4.69) is 36.1 Å².